The molecule has 1 saturated heterocycles. The number of anilines is 1. The van der Waals surface area contributed by atoms with Crippen molar-refractivity contribution < 1.29 is 9.18 Å². The summed E-state index contributed by atoms with van der Waals surface area (Å²) in [5.41, 5.74) is 1.61. The molecule has 1 amide bonds. The minimum Gasteiger partial charge on any atom is -0.367 e. The van der Waals surface area contributed by atoms with E-state index >= 15 is 0 Å². The summed E-state index contributed by atoms with van der Waals surface area (Å²) in [6.07, 6.45) is 0.849. The lowest BCUT2D eigenvalue weighted by Crippen LogP contribution is -2.36. The van der Waals surface area contributed by atoms with E-state index in [1.54, 1.807) is 6.07 Å². The summed E-state index contributed by atoms with van der Waals surface area (Å²) >= 11 is 0. The summed E-state index contributed by atoms with van der Waals surface area (Å²) in [4.78, 5) is 13.1. The molecule has 0 aliphatic carbocycles. The van der Waals surface area contributed by atoms with Gasteiger partial charge in [0.05, 0.1) is 5.69 Å². The first-order chi connectivity index (χ1) is 9.52. The molecule has 0 spiro atoms. The van der Waals surface area contributed by atoms with Gasteiger partial charge in [-0.3, -0.25) is 4.79 Å². The van der Waals surface area contributed by atoms with Gasteiger partial charge in [-0.2, -0.15) is 0 Å². The lowest BCUT2D eigenvalue weighted by Gasteiger charge is -2.25. The quantitative estimate of drug-likeness (QED) is 0.883. The minimum atomic E-state index is -0.201. The van der Waals surface area contributed by atoms with Gasteiger partial charge in [0.15, 0.2) is 0 Å². The zero-order valence-electron chi connectivity index (χ0n) is 12.2. The molecule has 2 rings (SSSR count). The Labute approximate surface area is 119 Å². The first-order valence-electron chi connectivity index (χ1n) is 7.00. The first-order valence-corrected chi connectivity index (χ1v) is 7.00. The van der Waals surface area contributed by atoms with Gasteiger partial charge in [0.1, 0.15) is 5.82 Å². The predicted molar refractivity (Wildman–Crippen MR) is 78.3 cm³/mol. The molecular weight excluding hydrogens is 257 g/mol. The van der Waals surface area contributed by atoms with Crippen LogP contribution in [0.3, 0.4) is 0 Å². The highest BCUT2D eigenvalue weighted by atomic mass is 19.1. The van der Waals surface area contributed by atoms with Gasteiger partial charge in [-0.15, -0.1) is 0 Å². The van der Waals surface area contributed by atoms with Crippen LogP contribution in [0.4, 0.5) is 10.1 Å². The Morgan fingerprint density at radius 1 is 1.50 bits per heavy atom. The molecule has 1 fully saturated rings. The van der Waals surface area contributed by atoms with Crippen molar-refractivity contribution >= 4 is 11.6 Å². The Kier molecular flexibility index (Phi) is 4.60. The molecule has 110 valence electrons. The second-order valence-corrected chi connectivity index (χ2v) is 5.32. The van der Waals surface area contributed by atoms with E-state index in [2.05, 4.69) is 10.6 Å². The van der Waals surface area contributed by atoms with Crippen LogP contribution >= 0.6 is 0 Å². The Morgan fingerprint density at radius 3 is 2.90 bits per heavy atom. The third-order valence-electron chi connectivity index (χ3n) is 3.83. The fraction of sp³-hybridized carbons (Fsp3) is 0.533. The topological polar surface area (TPSA) is 44.4 Å². The van der Waals surface area contributed by atoms with Crippen LogP contribution in [0.15, 0.2) is 18.2 Å². The van der Waals surface area contributed by atoms with Crippen LogP contribution in [0.25, 0.3) is 0 Å². The third-order valence-corrected chi connectivity index (χ3v) is 3.83. The molecule has 0 saturated carbocycles. The van der Waals surface area contributed by atoms with E-state index in [4.69, 9.17) is 0 Å². The number of carbonyl (C=O) groups excluding carboxylic acids is 1. The van der Waals surface area contributed by atoms with Crippen LogP contribution in [-0.2, 0) is 4.79 Å². The van der Waals surface area contributed by atoms with E-state index in [0.717, 1.165) is 18.5 Å². The smallest absolute Gasteiger partial charge is 0.217 e. The number of halogens is 1. The first kappa shape index (κ1) is 14.8. The van der Waals surface area contributed by atoms with Gasteiger partial charge in [-0.1, -0.05) is 12.1 Å². The molecule has 2 unspecified atom stereocenters. The van der Waals surface area contributed by atoms with Crippen LogP contribution in [0.5, 0.6) is 0 Å². The van der Waals surface area contributed by atoms with Gasteiger partial charge in [0.25, 0.3) is 0 Å². The molecule has 0 radical (unpaired) electrons. The molecule has 1 aliphatic heterocycles. The molecule has 2 N–H and O–H groups in total. The summed E-state index contributed by atoms with van der Waals surface area (Å²) in [6, 6.07) is 5.37. The SMILES string of the molecule is CNC(C)c1cccc(F)c1N1CCC(NC(C)=O)C1. The van der Waals surface area contributed by atoms with Crippen molar-refractivity contribution in [2.24, 2.45) is 0 Å². The Hall–Kier alpha value is -1.62. The van der Waals surface area contributed by atoms with Gasteiger partial charge < -0.3 is 15.5 Å². The number of hydrogen-bond acceptors (Lipinski definition) is 3. The summed E-state index contributed by atoms with van der Waals surface area (Å²) in [5, 5.41) is 6.06. The number of nitrogens with one attached hydrogen (secondary N) is 2. The van der Waals surface area contributed by atoms with E-state index in [9.17, 15) is 9.18 Å². The van der Waals surface area contributed by atoms with Crippen molar-refractivity contribution in [3.8, 4) is 0 Å². The average Bonchev–Trinajstić information content (AvgIpc) is 2.84. The molecule has 5 heteroatoms. The summed E-state index contributed by atoms with van der Waals surface area (Å²) in [6.45, 7) is 4.94. The standard InChI is InChI=1S/C15H22FN3O/c1-10(17-3)13-5-4-6-14(16)15(13)19-8-7-12(9-19)18-11(2)20/h4-6,10,12,17H,7-9H2,1-3H3,(H,18,20). The second-order valence-electron chi connectivity index (χ2n) is 5.32. The number of rotatable bonds is 4. The Bertz CT molecular complexity index is 492. The highest BCUT2D eigenvalue weighted by molar-refractivity contribution is 5.73. The lowest BCUT2D eigenvalue weighted by molar-refractivity contribution is -0.119. The summed E-state index contributed by atoms with van der Waals surface area (Å²) in [7, 11) is 1.86. The van der Waals surface area contributed by atoms with Crippen molar-refractivity contribution in [1.82, 2.24) is 10.6 Å². The molecule has 1 aliphatic rings. The Balaban J connectivity index is 2.23. The number of nitrogens with zero attached hydrogens (tertiary/aromatic N) is 1. The average molecular weight is 279 g/mol. The largest absolute Gasteiger partial charge is 0.367 e. The molecule has 0 bridgehead atoms. The molecular formula is C15H22FN3O. The van der Waals surface area contributed by atoms with Gasteiger partial charge in [0, 0.05) is 32.1 Å². The monoisotopic (exact) mass is 279 g/mol. The molecule has 4 nitrogen and oxygen atoms in total. The second kappa shape index (κ2) is 6.22. The number of carbonyl (C=O) groups is 1. The summed E-state index contributed by atoms with van der Waals surface area (Å²) < 4.78 is 14.2. The number of benzene rings is 1. The van der Waals surface area contributed by atoms with E-state index < -0.39 is 0 Å². The van der Waals surface area contributed by atoms with E-state index in [0.29, 0.717) is 12.2 Å². The molecule has 1 heterocycles. The summed E-state index contributed by atoms with van der Waals surface area (Å²) in [5.74, 6) is -0.234. The van der Waals surface area contributed by atoms with Crippen LogP contribution in [0, 0.1) is 5.82 Å². The fourth-order valence-corrected chi connectivity index (χ4v) is 2.74. The number of amides is 1. The normalized spacial score (nSPS) is 20.0. The van der Waals surface area contributed by atoms with Crippen molar-refractivity contribution in [2.45, 2.75) is 32.4 Å². The van der Waals surface area contributed by atoms with Crippen LogP contribution < -0.4 is 15.5 Å². The van der Waals surface area contributed by atoms with Gasteiger partial charge in [0.2, 0.25) is 5.91 Å². The molecule has 20 heavy (non-hydrogen) atoms. The van der Waals surface area contributed by atoms with Crippen LogP contribution in [0.2, 0.25) is 0 Å². The fourth-order valence-electron chi connectivity index (χ4n) is 2.74. The highest BCUT2D eigenvalue weighted by Crippen LogP contribution is 2.31. The van der Waals surface area contributed by atoms with Gasteiger partial charge in [-0.25, -0.2) is 4.39 Å². The lowest BCUT2D eigenvalue weighted by atomic mass is 10.0. The van der Waals surface area contributed by atoms with Crippen LogP contribution in [0.1, 0.15) is 31.9 Å². The molecule has 1 aromatic rings. The molecule has 2 atom stereocenters. The van der Waals surface area contributed by atoms with E-state index in [1.807, 2.05) is 24.9 Å². The van der Waals surface area contributed by atoms with Crippen molar-refractivity contribution in [3.63, 3.8) is 0 Å². The Morgan fingerprint density at radius 2 is 2.25 bits per heavy atom. The highest BCUT2D eigenvalue weighted by Gasteiger charge is 2.27. The van der Waals surface area contributed by atoms with Gasteiger partial charge in [-0.05, 0) is 32.0 Å². The maximum Gasteiger partial charge on any atom is 0.217 e. The van der Waals surface area contributed by atoms with Crippen molar-refractivity contribution in [2.75, 3.05) is 25.0 Å². The maximum atomic E-state index is 14.2. The maximum absolute atomic E-state index is 14.2. The number of para-hydroxylation sites is 1. The minimum absolute atomic E-state index is 0.0331. The zero-order chi connectivity index (χ0) is 14.7. The van der Waals surface area contributed by atoms with Crippen molar-refractivity contribution in [1.29, 1.82) is 0 Å². The van der Waals surface area contributed by atoms with Crippen molar-refractivity contribution in [3.05, 3.63) is 29.6 Å². The van der Waals surface area contributed by atoms with E-state index in [1.165, 1.54) is 13.0 Å². The number of hydrogen-bond donors (Lipinski definition) is 2. The molecule has 0 aromatic heterocycles. The zero-order valence-corrected chi connectivity index (χ0v) is 12.2. The van der Waals surface area contributed by atoms with Gasteiger partial charge >= 0.3 is 0 Å². The predicted octanol–water partition coefficient (Wildman–Crippen LogP) is 1.82. The van der Waals surface area contributed by atoms with E-state index in [-0.39, 0.29) is 23.8 Å². The molecule has 1 aromatic carbocycles. The third kappa shape index (κ3) is 3.10. The van der Waals surface area contributed by atoms with Crippen LogP contribution in [-0.4, -0.2) is 32.1 Å².